The van der Waals surface area contributed by atoms with Crippen molar-refractivity contribution < 1.29 is 9.53 Å². The number of nitrogens with one attached hydrogen (secondary N) is 1. The van der Waals surface area contributed by atoms with Gasteiger partial charge in [0.25, 0.3) is 0 Å². The summed E-state index contributed by atoms with van der Waals surface area (Å²) in [5.41, 5.74) is 2.26. The number of methoxy groups -OCH3 is 1. The summed E-state index contributed by atoms with van der Waals surface area (Å²) >= 11 is 13.5. The molecule has 9 heteroatoms. The van der Waals surface area contributed by atoms with Crippen LogP contribution in [0.5, 0.6) is 5.75 Å². The molecule has 4 rings (SSSR count). The molecule has 1 N–H and O–H groups in total. The lowest BCUT2D eigenvalue weighted by atomic mass is 10.2. The Morgan fingerprint density at radius 3 is 2.41 bits per heavy atom. The fourth-order valence-corrected chi connectivity index (χ4v) is 4.05. The molecule has 0 spiro atoms. The Morgan fingerprint density at radius 1 is 1.00 bits per heavy atom. The summed E-state index contributed by atoms with van der Waals surface area (Å²) in [6.07, 6.45) is 0. The quantitative estimate of drug-likeness (QED) is 0.326. The molecule has 0 atom stereocenters. The molecule has 3 aromatic carbocycles. The molecular formula is C23H18Cl2N4O2S. The largest absolute Gasteiger partial charge is 0.497 e. The van der Waals surface area contributed by atoms with Crippen LogP contribution in [0.25, 0.3) is 17.1 Å². The Kier molecular flexibility index (Phi) is 6.99. The minimum Gasteiger partial charge on any atom is -0.497 e. The molecule has 0 fully saturated rings. The summed E-state index contributed by atoms with van der Waals surface area (Å²) in [5, 5.41) is 13.2. The second-order valence-electron chi connectivity index (χ2n) is 6.66. The van der Waals surface area contributed by atoms with E-state index >= 15 is 0 Å². The molecule has 0 aliphatic rings. The molecule has 6 nitrogen and oxygen atoms in total. The van der Waals surface area contributed by atoms with Crippen LogP contribution in [0, 0.1) is 0 Å². The highest BCUT2D eigenvalue weighted by Crippen LogP contribution is 2.30. The molecule has 0 saturated heterocycles. The van der Waals surface area contributed by atoms with Crippen LogP contribution in [0.4, 0.5) is 5.69 Å². The molecule has 0 aliphatic carbocycles. The van der Waals surface area contributed by atoms with Crippen LogP contribution in [0.15, 0.2) is 78.0 Å². The molecule has 32 heavy (non-hydrogen) atoms. The van der Waals surface area contributed by atoms with Crippen molar-refractivity contribution in [3.8, 4) is 22.8 Å². The van der Waals surface area contributed by atoms with Crippen LogP contribution in [0.2, 0.25) is 10.0 Å². The summed E-state index contributed by atoms with van der Waals surface area (Å²) in [4.78, 5) is 12.5. The molecule has 1 amide bonds. The van der Waals surface area contributed by atoms with Crippen LogP contribution in [0.3, 0.4) is 0 Å². The van der Waals surface area contributed by atoms with E-state index in [2.05, 4.69) is 15.5 Å². The van der Waals surface area contributed by atoms with Crippen LogP contribution in [0.1, 0.15) is 0 Å². The first-order chi connectivity index (χ1) is 15.5. The maximum atomic E-state index is 12.5. The van der Waals surface area contributed by atoms with E-state index in [4.69, 9.17) is 27.9 Å². The number of carbonyl (C=O) groups is 1. The normalized spacial score (nSPS) is 10.7. The van der Waals surface area contributed by atoms with E-state index in [1.54, 1.807) is 31.4 Å². The van der Waals surface area contributed by atoms with Crippen molar-refractivity contribution in [1.29, 1.82) is 0 Å². The lowest BCUT2D eigenvalue weighted by Crippen LogP contribution is -2.14. The third-order valence-electron chi connectivity index (χ3n) is 4.55. The van der Waals surface area contributed by atoms with Crippen molar-refractivity contribution in [3.05, 3.63) is 82.8 Å². The van der Waals surface area contributed by atoms with Crippen molar-refractivity contribution in [2.24, 2.45) is 0 Å². The highest BCUT2D eigenvalue weighted by Gasteiger charge is 2.18. The minimum absolute atomic E-state index is 0.139. The number of carbonyl (C=O) groups excluding carboxylic acids is 1. The number of ether oxygens (including phenoxy) is 1. The number of amides is 1. The number of aromatic nitrogens is 3. The van der Waals surface area contributed by atoms with Gasteiger partial charge in [0, 0.05) is 16.3 Å². The summed E-state index contributed by atoms with van der Waals surface area (Å²) < 4.78 is 7.16. The van der Waals surface area contributed by atoms with Crippen LogP contribution in [-0.2, 0) is 4.79 Å². The third kappa shape index (κ3) is 5.07. The SMILES string of the molecule is COc1ccc(-n2c(SCC(=O)Nc3ccccc3Cl)nnc2-c2ccc(Cl)cc2)cc1. The van der Waals surface area contributed by atoms with Crippen LogP contribution in [-0.4, -0.2) is 33.5 Å². The number of halogens is 2. The molecule has 162 valence electrons. The zero-order valence-electron chi connectivity index (χ0n) is 17.0. The van der Waals surface area contributed by atoms with Gasteiger partial charge in [0.2, 0.25) is 5.91 Å². The maximum Gasteiger partial charge on any atom is 0.234 e. The zero-order chi connectivity index (χ0) is 22.5. The van der Waals surface area contributed by atoms with Gasteiger partial charge in [0.1, 0.15) is 5.75 Å². The number of para-hydroxylation sites is 1. The first kappa shape index (κ1) is 22.2. The van der Waals surface area contributed by atoms with Gasteiger partial charge in [-0.15, -0.1) is 10.2 Å². The number of rotatable bonds is 7. The second-order valence-corrected chi connectivity index (χ2v) is 8.45. The maximum absolute atomic E-state index is 12.5. The average Bonchev–Trinajstić information content (AvgIpc) is 3.24. The van der Waals surface area contributed by atoms with Crippen molar-refractivity contribution in [3.63, 3.8) is 0 Å². The summed E-state index contributed by atoms with van der Waals surface area (Å²) in [5.74, 6) is 1.32. The summed E-state index contributed by atoms with van der Waals surface area (Å²) in [6, 6.07) is 22.0. The van der Waals surface area contributed by atoms with Crippen molar-refractivity contribution in [2.45, 2.75) is 5.16 Å². The number of benzene rings is 3. The van der Waals surface area contributed by atoms with E-state index in [9.17, 15) is 4.79 Å². The van der Waals surface area contributed by atoms with Gasteiger partial charge in [-0.05, 0) is 60.7 Å². The third-order valence-corrected chi connectivity index (χ3v) is 6.06. The molecule has 0 radical (unpaired) electrons. The Bertz CT molecular complexity index is 1230. The molecule has 4 aromatic rings. The number of hydrogen-bond donors (Lipinski definition) is 1. The number of thioether (sulfide) groups is 1. The molecule has 1 aromatic heterocycles. The Balaban J connectivity index is 1.61. The minimum atomic E-state index is -0.194. The topological polar surface area (TPSA) is 69.0 Å². The van der Waals surface area contributed by atoms with Gasteiger partial charge < -0.3 is 10.1 Å². The lowest BCUT2D eigenvalue weighted by Gasteiger charge is -2.11. The molecule has 0 bridgehead atoms. The zero-order valence-corrected chi connectivity index (χ0v) is 19.3. The lowest BCUT2D eigenvalue weighted by molar-refractivity contribution is -0.113. The van der Waals surface area contributed by atoms with Crippen molar-refractivity contribution >= 4 is 46.6 Å². The van der Waals surface area contributed by atoms with E-state index < -0.39 is 0 Å². The van der Waals surface area contributed by atoms with Crippen molar-refractivity contribution in [1.82, 2.24) is 14.8 Å². The Hall–Kier alpha value is -3.00. The van der Waals surface area contributed by atoms with Gasteiger partial charge in [-0.3, -0.25) is 9.36 Å². The van der Waals surface area contributed by atoms with E-state index in [1.807, 2.05) is 53.1 Å². The first-order valence-corrected chi connectivity index (χ1v) is 11.3. The summed E-state index contributed by atoms with van der Waals surface area (Å²) in [7, 11) is 1.62. The van der Waals surface area contributed by atoms with Crippen LogP contribution < -0.4 is 10.1 Å². The number of hydrogen-bond acceptors (Lipinski definition) is 5. The van der Waals surface area contributed by atoms with Gasteiger partial charge >= 0.3 is 0 Å². The van der Waals surface area contributed by atoms with Gasteiger partial charge in [-0.1, -0.05) is 47.1 Å². The van der Waals surface area contributed by atoms with E-state index in [-0.39, 0.29) is 11.7 Å². The molecule has 0 unspecified atom stereocenters. The number of anilines is 1. The molecule has 0 aliphatic heterocycles. The second kappa shape index (κ2) is 10.1. The van der Waals surface area contributed by atoms with E-state index in [1.165, 1.54) is 11.8 Å². The predicted octanol–water partition coefficient (Wildman–Crippen LogP) is 5.98. The standard InChI is InChI=1S/C23H18Cl2N4O2S/c1-31-18-12-10-17(11-13-18)29-22(15-6-8-16(24)9-7-15)27-28-23(29)32-14-21(30)26-20-5-3-2-4-19(20)25/h2-13H,14H2,1H3,(H,26,30). The van der Waals surface area contributed by atoms with E-state index in [0.717, 1.165) is 17.0 Å². The highest BCUT2D eigenvalue weighted by molar-refractivity contribution is 7.99. The summed E-state index contributed by atoms with van der Waals surface area (Å²) in [6.45, 7) is 0. The van der Waals surface area contributed by atoms with Gasteiger partial charge in [0.05, 0.1) is 23.6 Å². The Labute approximate surface area is 199 Å². The molecular weight excluding hydrogens is 467 g/mol. The van der Waals surface area contributed by atoms with Crippen molar-refractivity contribution in [2.75, 3.05) is 18.2 Å². The van der Waals surface area contributed by atoms with E-state index in [0.29, 0.717) is 26.7 Å². The Morgan fingerprint density at radius 2 is 1.72 bits per heavy atom. The first-order valence-electron chi connectivity index (χ1n) is 9.58. The van der Waals surface area contributed by atoms with Gasteiger partial charge in [0.15, 0.2) is 11.0 Å². The predicted molar refractivity (Wildman–Crippen MR) is 129 cm³/mol. The molecule has 0 saturated carbocycles. The number of nitrogens with zero attached hydrogens (tertiary/aromatic N) is 3. The average molecular weight is 485 g/mol. The highest BCUT2D eigenvalue weighted by atomic mass is 35.5. The monoisotopic (exact) mass is 484 g/mol. The van der Waals surface area contributed by atoms with Gasteiger partial charge in [-0.25, -0.2) is 0 Å². The molecule has 1 heterocycles. The smallest absolute Gasteiger partial charge is 0.234 e. The van der Waals surface area contributed by atoms with Gasteiger partial charge in [-0.2, -0.15) is 0 Å². The fraction of sp³-hybridized carbons (Fsp3) is 0.0870. The fourth-order valence-electron chi connectivity index (χ4n) is 2.99. The van der Waals surface area contributed by atoms with Crippen LogP contribution >= 0.6 is 35.0 Å².